The minimum atomic E-state index is -0.784. The maximum Gasteiger partial charge on any atom is 0.363 e. The topological polar surface area (TPSA) is 123 Å². The summed E-state index contributed by atoms with van der Waals surface area (Å²) in [6, 6.07) is 17.9. The maximum absolute atomic E-state index is 12.0. The van der Waals surface area contributed by atoms with E-state index in [9.17, 15) is 19.7 Å². The Labute approximate surface area is 175 Å². The van der Waals surface area contributed by atoms with Crippen molar-refractivity contribution < 1.29 is 19.3 Å². The number of azo groups is 1. The summed E-state index contributed by atoms with van der Waals surface area (Å²) in [7, 11) is 0. The molecule has 0 spiro atoms. The summed E-state index contributed by atoms with van der Waals surface area (Å²) < 4.78 is 0. The normalized spacial score (nSPS) is 10.6. The van der Waals surface area contributed by atoms with Gasteiger partial charge < -0.3 is 4.84 Å². The zero-order valence-electron chi connectivity index (χ0n) is 15.2. The first kappa shape index (κ1) is 20.6. The number of halogens is 1. The van der Waals surface area contributed by atoms with Crippen LogP contribution in [0.15, 0.2) is 83.0 Å². The average Bonchev–Trinajstić information content (AvgIpc) is 2.77. The smallest absolute Gasteiger partial charge is 0.338 e. The molecule has 0 heterocycles. The van der Waals surface area contributed by atoms with Crippen molar-refractivity contribution in [3.63, 3.8) is 0 Å². The number of hydrogen-bond donors (Lipinski definition) is 1. The van der Waals surface area contributed by atoms with Crippen molar-refractivity contribution in [1.29, 1.82) is 0 Å². The number of hydrogen-bond acceptors (Lipinski definition) is 7. The Morgan fingerprint density at radius 2 is 1.73 bits per heavy atom. The molecule has 0 aromatic heterocycles. The Hall–Kier alpha value is -4.11. The third-order valence-corrected chi connectivity index (χ3v) is 4.11. The number of nitrogens with one attached hydrogen (secondary N) is 1. The first-order valence-corrected chi connectivity index (χ1v) is 8.84. The summed E-state index contributed by atoms with van der Waals surface area (Å²) in [6.07, 6.45) is 0. The Morgan fingerprint density at radius 3 is 2.43 bits per heavy atom. The van der Waals surface area contributed by atoms with Crippen LogP contribution in [0.5, 0.6) is 0 Å². The van der Waals surface area contributed by atoms with Crippen molar-refractivity contribution in [2.24, 2.45) is 10.2 Å². The lowest BCUT2D eigenvalue weighted by molar-refractivity contribution is -0.384. The molecule has 0 saturated carbocycles. The van der Waals surface area contributed by atoms with Crippen molar-refractivity contribution in [3.8, 4) is 0 Å². The minimum Gasteiger partial charge on any atom is -0.338 e. The quantitative estimate of drug-likeness (QED) is 0.323. The van der Waals surface area contributed by atoms with Crippen LogP contribution in [0.3, 0.4) is 0 Å². The van der Waals surface area contributed by atoms with Crippen LogP contribution < -0.4 is 5.48 Å². The molecule has 0 unspecified atom stereocenters. The van der Waals surface area contributed by atoms with Gasteiger partial charge in [-0.15, -0.1) is 10.2 Å². The molecule has 0 saturated heterocycles. The van der Waals surface area contributed by atoms with Crippen molar-refractivity contribution >= 4 is 40.5 Å². The lowest BCUT2D eigenvalue weighted by atomic mass is 10.2. The predicted octanol–water partition coefficient (Wildman–Crippen LogP) is 5.36. The van der Waals surface area contributed by atoms with E-state index in [2.05, 4.69) is 15.7 Å². The minimum absolute atomic E-state index is 0.0280. The molecule has 0 aliphatic rings. The number of non-ortho nitro benzene ring substituents is 1. The van der Waals surface area contributed by atoms with Crippen molar-refractivity contribution in [1.82, 2.24) is 0 Å². The van der Waals surface area contributed by atoms with Gasteiger partial charge in [0, 0.05) is 12.1 Å². The van der Waals surface area contributed by atoms with Crippen molar-refractivity contribution in [2.75, 3.05) is 5.48 Å². The Kier molecular flexibility index (Phi) is 6.46. The zero-order chi connectivity index (χ0) is 21.5. The average molecular weight is 425 g/mol. The van der Waals surface area contributed by atoms with E-state index in [0.29, 0.717) is 11.4 Å². The van der Waals surface area contributed by atoms with Gasteiger partial charge in [-0.05, 0) is 42.5 Å². The van der Waals surface area contributed by atoms with Gasteiger partial charge in [-0.1, -0.05) is 29.8 Å². The predicted molar refractivity (Wildman–Crippen MR) is 109 cm³/mol. The van der Waals surface area contributed by atoms with Crippen LogP contribution in [0, 0.1) is 10.1 Å². The first-order chi connectivity index (χ1) is 14.4. The molecule has 150 valence electrons. The molecule has 1 amide bonds. The summed E-state index contributed by atoms with van der Waals surface area (Å²) in [4.78, 5) is 39.1. The maximum atomic E-state index is 12.0. The number of nitrogens with zero attached hydrogens (tertiary/aromatic N) is 3. The molecule has 0 bridgehead atoms. The fraction of sp³-hybridized carbons (Fsp3) is 0. The van der Waals surface area contributed by atoms with E-state index < -0.39 is 16.8 Å². The van der Waals surface area contributed by atoms with Gasteiger partial charge in [-0.25, -0.2) is 10.3 Å². The number of rotatable bonds is 6. The van der Waals surface area contributed by atoms with E-state index in [1.54, 1.807) is 48.5 Å². The molecule has 1 N–H and O–H groups in total. The Bertz CT molecular complexity index is 1130. The standard InChI is InChI=1S/C20H13ClN4O5/c21-18-7-2-1-6-17(18)19(26)23-22-14-8-10-15(11-9-14)24-30-20(27)13-4-3-5-16(12-13)25(28)29/h1-12,24H. The summed E-state index contributed by atoms with van der Waals surface area (Å²) >= 11 is 5.94. The van der Waals surface area contributed by atoms with Crippen LogP contribution >= 0.6 is 11.6 Å². The van der Waals surface area contributed by atoms with Gasteiger partial charge >= 0.3 is 5.97 Å². The van der Waals surface area contributed by atoms with Crippen LogP contribution in [0.25, 0.3) is 0 Å². The Balaban J connectivity index is 1.59. The molecule has 0 aliphatic heterocycles. The van der Waals surface area contributed by atoms with Crippen LogP contribution in [0.1, 0.15) is 20.7 Å². The van der Waals surface area contributed by atoms with E-state index in [1.165, 1.54) is 18.2 Å². The molecule has 30 heavy (non-hydrogen) atoms. The highest BCUT2D eigenvalue weighted by Gasteiger charge is 2.13. The van der Waals surface area contributed by atoms with Gasteiger partial charge in [0.1, 0.15) is 0 Å². The summed E-state index contributed by atoms with van der Waals surface area (Å²) in [5, 5.41) is 18.5. The number of benzene rings is 3. The molecule has 3 aromatic rings. The lowest BCUT2D eigenvalue weighted by Gasteiger charge is -2.06. The lowest BCUT2D eigenvalue weighted by Crippen LogP contribution is -2.10. The summed E-state index contributed by atoms with van der Waals surface area (Å²) in [5.74, 6) is -1.36. The molecule has 0 fully saturated rings. The number of nitro benzene ring substituents is 1. The van der Waals surface area contributed by atoms with Crippen molar-refractivity contribution in [3.05, 3.63) is 99.1 Å². The molecule has 0 aliphatic carbocycles. The molecule has 3 aromatic carbocycles. The van der Waals surface area contributed by atoms with Crippen LogP contribution in [0.2, 0.25) is 5.02 Å². The molecule has 0 radical (unpaired) electrons. The highest BCUT2D eigenvalue weighted by molar-refractivity contribution is 6.33. The third kappa shape index (κ3) is 5.24. The molecule has 10 heteroatoms. The third-order valence-electron chi connectivity index (χ3n) is 3.78. The molecule has 3 rings (SSSR count). The SMILES string of the molecule is O=C(ONc1ccc(N=NC(=O)c2ccccc2Cl)cc1)c1cccc([N+](=O)[O-])c1. The summed E-state index contributed by atoms with van der Waals surface area (Å²) in [6.45, 7) is 0. The van der Waals surface area contributed by atoms with Crippen LogP contribution in [0.4, 0.5) is 17.1 Å². The van der Waals surface area contributed by atoms with Gasteiger partial charge in [0.2, 0.25) is 0 Å². The van der Waals surface area contributed by atoms with E-state index in [-0.39, 0.29) is 21.8 Å². The largest absolute Gasteiger partial charge is 0.363 e. The Morgan fingerprint density at radius 1 is 1.00 bits per heavy atom. The van der Waals surface area contributed by atoms with Gasteiger partial charge in [0.25, 0.3) is 11.6 Å². The van der Waals surface area contributed by atoms with Gasteiger partial charge in [-0.2, -0.15) is 0 Å². The first-order valence-electron chi connectivity index (χ1n) is 8.46. The van der Waals surface area contributed by atoms with E-state index in [4.69, 9.17) is 16.4 Å². The second-order valence-corrected chi connectivity index (χ2v) is 6.24. The van der Waals surface area contributed by atoms with E-state index >= 15 is 0 Å². The monoisotopic (exact) mass is 424 g/mol. The highest BCUT2D eigenvalue weighted by atomic mass is 35.5. The second kappa shape index (κ2) is 9.39. The van der Waals surface area contributed by atoms with E-state index in [0.717, 1.165) is 6.07 Å². The van der Waals surface area contributed by atoms with E-state index in [1.807, 2.05) is 0 Å². The zero-order valence-corrected chi connectivity index (χ0v) is 15.9. The molecule has 9 nitrogen and oxygen atoms in total. The molecule has 0 atom stereocenters. The van der Waals surface area contributed by atoms with Crippen LogP contribution in [-0.4, -0.2) is 16.8 Å². The number of amides is 1. The van der Waals surface area contributed by atoms with Gasteiger partial charge in [0.05, 0.1) is 32.4 Å². The van der Waals surface area contributed by atoms with Gasteiger partial charge in [0.15, 0.2) is 0 Å². The number of nitro groups is 1. The highest BCUT2D eigenvalue weighted by Crippen LogP contribution is 2.20. The van der Waals surface area contributed by atoms with Crippen molar-refractivity contribution in [2.45, 2.75) is 0 Å². The fourth-order valence-corrected chi connectivity index (χ4v) is 2.52. The number of carbonyl (C=O) groups excluding carboxylic acids is 2. The van der Waals surface area contributed by atoms with Gasteiger partial charge in [-0.3, -0.25) is 14.9 Å². The fourth-order valence-electron chi connectivity index (χ4n) is 2.30. The molecular formula is C20H13ClN4O5. The van der Waals surface area contributed by atoms with Crippen LogP contribution in [-0.2, 0) is 4.84 Å². The molecular weight excluding hydrogens is 412 g/mol. The summed E-state index contributed by atoms with van der Waals surface area (Å²) in [5.41, 5.74) is 3.31. The number of anilines is 1. The second-order valence-electron chi connectivity index (χ2n) is 5.83. The number of carbonyl (C=O) groups is 2.